The predicted octanol–water partition coefficient (Wildman–Crippen LogP) is 5.20. The fourth-order valence-corrected chi connectivity index (χ4v) is 3.69. The highest BCUT2D eigenvalue weighted by Crippen LogP contribution is 2.33. The SMILES string of the molecule is Cc1nn(CC2CCCCC2)c(-c2ccccc2)c1Br. The largest absolute Gasteiger partial charge is 0.263 e. The van der Waals surface area contributed by atoms with Crippen molar-refractivity contribution in [1.29, 1.82) is 0 Å². The predicted molar refractivity (Wildman–Crippen MR) is 86.7 cm³/mol. The quantitative estimate of drug-likeness (QED) is 0.755. The van der Waals surface area contributed by atoms with Gasteiger partial charge in [0.1, 0.15) is 0 Å². The monoisotopic (exact) mass is 332 g/mol. The van der Waals surface area contributed by atoms with Crippen LogP contribution in [0.25, 0.3) is 11.3 Å². The minimum Gasteiger partial charge on any atom is -0.263 e. The number of halogens is 1. The minimum atomic E-state index is 0.789. The Hall–Kier alpha value is -1.09. The molecule has 1 saturated carbocycles. The van der Waals surface area contributed by atoms with Gasteiger partial charge in [0.15, 0.2) is 0 Å². The first-order chi connectivity index (χ1) is 9.75. The van der Waals surface area contributed by atoms with E-state index in [1.807, 2.05) is 0 Å². The first-order valence-corrected chi connectivity index (χ1v) is 8.33. The van der Waals surface area contributed by atoms with Gasteiger partial charge in [0.2, 0.25) is 0 Å². The van der Waals surface area contributed by atoms with Gasteiger partial charge in [0.05, 0.1) is 15.9 Å². The van der Waals surface area contributed by atoms with E-state index in [9.17, 15) is 0 Å². The third-order valence-electron chi connectivity index (χ3n) is 4.26. The molecular weight excluding hydrogens is 312 g/mol. The molecule has 1 aliphatic rings. The third-order valence-corrected chi connectivity index (χ3v) is 5.21. The molecule has 1 aromatic heterocycles. The van der Waals surface area contributed by atoms with Gasteiger partial charge in [0.25, 0.3) is 0 Å². The summed E-state index contributed by atoms with van der Waals surface area (Å²) < 4.78 is 3.35. The van der Waals surface area contributed by atoms with Crippen LogP contribution in [0.5, 0.6) is 0 Å². The summed E-state index contributed by atoms with van der Waals surface area (Å²) in [6, 6.07) is 10.6. The van der Waals surface area contributed by atoms with Crippen molar-refractivity contribution >= 4 is 15.9 Å². The van der Waals surface area contributed by atoms with Gasteiger partial charge in [-0.3, -0.25) is 4.68 Å². The summed E-state index contributed by atoms with van der Waals surface area (Å²) >= 11 is 3.72. The van der Waals surface area contributed by atoms with E-state index in [2.05, 4.69) is 57.9 Å². The van der Waals surface area contributed by atoms with Crippen LogP contribution >= 0.6 is 15.9 Å². The zero-order valence-electron chi connectivity index (χ0n) is 12.0. The van der Waals surface area contributed by atoms with Crippen LogP contribution in [0.3, 0.4) is 0 Å². The molecule has 0 aliphatic heterocycles. The number of rotatable bonds is 3. The molecule has 0 spiro atoms. The molecular formula is C17H21BrN2. The molecule has 0 N–H and O–H groups in total. The summed E-state index contributed by atoms with van der Waals surface area (Å²) in [5.74, 6) is 0.789. The van der Waals surface area contributed by atoms with Crippen LogP contribution in [0, 0.1) is 12.8 Å². The minimum absolute atomic E-state index is 0.789. The molecule has 2 nitrogen and oxygen atoms in total. The van der Waals surface area contributed by atoms with Crippen molar-refractivity contribution in [3.8, 4) is 11.3 Å². The average Bonchev–Trinajstić information content (AvgIpc) is 2.76. The highest BCUT2D eigenvalue weighted by molar-refractivity contribution is 9.10. The molecule has 0 unspecified atom stereocenters. The van der Waals surface area contributed by atoms with Gasteiger partial charge in [-0.2, -0.15) is 5.10 Å². The maximum atomic E-state index is 4.75. The van der Waals surface area contributed by atoms with E-state index < -0.39 is 0 Å². The van der Waals surface area contributed by atoms with Crippen molar-refractivity contribution in [3.05, 3.63) is 40.5 Å². The molecule has 3 heteroatoms. The van der Waals surface area contributed by atoms with Gasteiger partial charge < -0.3 is 0 Å². The summed E-state index contributed by atoms with van der Waals surface area (Å²) in [6.45, 7) is 3.13. The highest BCUT2D eigenvalue weighted by Gasteiger charge is 2.19. The molecule has 0 saturated heterocycles. The van der Waals surface area contributed by atoms with E-state index in [0.717, 1.165) is 22.6 Å². The van der Waals surface area contributed by atoms with Gasteiger partial charge in [-0.05, 0) is 41.6 Å². The molecule has 20 heavy (non-hydrogen) atoms. The lowest BCUT2D eigenvalue weighted by Gasteiger charge is -2.22. The number of aromatic nitrogens is 2. The standard InChI is InChI=1S/C17H21BrN2/c1-13-16(18)17(15-10-6-3-7-11-15)20(19-13)12-14-8-4-2-5-9-14/h3,6-7,10-11,14H,2,4-5,8-9,12H2,1H3. The van der Waals surface area contributed by atoms with Crippen molar-refractivity contribution < 1.29 is 0 Å². The van der Waals surface area contributed by atoms with E-state index in [4.69, 9.17) is 5.10 Å². The molecule has 1 aromatic carbocycles. The van der Waals surface area contributed by atoms with Gasteiger partial charge in [-0.15, -0.1) is 0 Å². The fraction of sp³-hybridized carbons (Fsp3) is 0.471. The second kappa shape index (κ2) is 6.13. The van der Waals surface area contributed by atoms with Crippen LogP contribution in [0.1, 0.15) is 37.8 Å². The van der Waals surface area contributed by atoms with Gasteiger partial charge in [0, 0.05) is 12.1 Å². The zero-order valence-corrected chi connectivity index (χ0v) is 13.6. The second-order valence-corrected chi connectivity index (χ2v) is 6.59. The molecule has 0 bridgehead atoms. The van der Waals surface area contributed by atoms with E-state index in [0.29, 0.717) is 0 Å². The van der Waals surface area contributed by atoms with Crippen molar-refractivity contribution in [3.63, 3.8) is 0 Å². The zero-order chi connectivity index (χ0) is 13.9. The number of benzene rings is 1. The van der Waals surface area contributed by atoms with Crippen LogP contribution < -0.4 is 0 Å². The Kier molecular flexibility index (Phi) is 4.25. The first-order valence-electron chi connectivity index (χ1n) is 7.54. The summed E-state index contributed by atoms with van der Waals surface area (Å²) in [4.78, 5) is 0. The molecule has 2 aromatic rings. The molecule has 106 valence electrons. The van der Waals surface area contributed by atoms with Crippen molar-refractivity contribution in [2.75, 3.05) is 0 Å². The maximum Gasteiger partial charge on any atom is 0.0827 e. The molecule has 0 atom stereocenters. The first kappa shape index (κ1) is 13.9. The molecule has 3 rings (SSSR count). The van der Waals surface area contributed by atoms with Gasteiger partial charge in [-0.25, -0.2) is 0 Å². The maximum absolute atomic E-state index is 4.75. The molecule has 1 heterocycles. The Morgan fingerprint density at radius 2 is 1.85 bits per heavy atom. The molecule has 0 radical (unpaired) electrons. The van der Waals surface area contributed by atoms with Gasteiger partial charge >= 0.3 is 0 Å². The number of hydrogen-bond donors (Lipinski definition) is 0. The van der Waals surface area contributed by atoms with E-state index in [-0.39, 0.29) is 0 Å². The Bertz CT molecular complexity index is 568. The van der Waals surface area contributed by atoms with Gasteiger partial charge in [-0.1, -0.05) is 49.6 Å². The van der Waals surface area contributed by atoms with Crippen LogP contribution in [0.4, 0.5) is 0 Å². The third kappa shape index (κ3) is 2.83. The Morgan fingerprint density at radius 1 is 1.15 bits per heavy atom. The second-order valence-electron chi connectivity index (χ2n) is 5.80. The Balaban J connectivity index is 1.92. The fourth-order valence-electron chi connectivity index (χ4n) is 3.18. The molecule has 0 amide bonds. The molecule has 1 aliphatic carbocycles. The lowest BCUT2D eigenvalue weighted by Crippen LogP contribution is -2.15. The Labute approximate surface area is 129 Å². The van der Waals surface area contributed by atoms with Crippen LogP contribution in [0.15, 0.2) is 34.8 Å². The normalized spacial score (nSPS) is 16.5. The van der Waals surface area contributed by atoms with Crippen molar-refractivity contribution in [1.82, 2.24) is 9.78 Å². The van der Waals surface area contributed by atoms with Crippen LogP contribution in [-0.2, 0) is 6.54 Å². The summed E-state index contributed by atoms with van der Waals surface area (Å²) in [5.41, 5.74) is 3.56. The lowest BCUT2D eigenvalue weighted by atomic mass is 9.89. The van der Waals surface area contributed by atoms with E-state index >= 15 is 0 Å². The van der Waals surface area contributed by atoms with Crippen molar-refractivity contribution in [2.24, 2.45) is 5.92 Å². The number of nitrogens with zero attached hydrogens (tertiary/aromatic N) is 2. The van der Waals surface area contributed by atoms with E-state index in [1.165, 1.54) is 43.4 Å². The molecule has 1 fully saturated rings. The van der Waals surface area contributed by atoms with Crippen molar-refractivity contribution in [2.45, 2.75) is 45.6 Å². The highest BCUT2D eigenvalue weighted by atomic mass is 79.9. The number of aryl methyl sites for hydroxylation is 1. The summed E-state index contributed by atoms with van der Waals surface area (Å²) in [5, 5.41) is 4.75. The summed E-state index contributed by atoms with van der Waals surface area (Å²) in [6.07, 6.45) is 6.87. The average molecular weight is 333 g/mol. The van der Waals surface area contributed by atoms with Crippen LogP contribution in [0.2, 0.25) is 0 Å². The Morgan fingerprint density at radius 3 is 2.55 bits per heavy atom. The topological polar surface area (TPSA) is 17.8 Å². The summed E-state index contributed by atoms with van der Waals surface area (Å²) in [7, 11) is 0. The lowest BCUT2D eigenvalue weighted by molar-refractivity contribution is 0.309. The number of hydrogen-bond acceptors (Lipinski definition) is 1. The smallest absolute Gasteiger partial charge is 0.0827 e. The van der Waals surface area contributed by atoms with E-state index in [1.54, 1.807) is 0 Å². The van der Waals surface area contributed by atoms with Crippen LogP contribution in [-0.4, -0.2) is 9.78 Å².